The molecule has 0 saturated carbocycles. The molecule has 0 radical (unpaired) electrons. The summed E-state index contributed by atoms with van der Waals surface area (Å²) in [5.74, 6) is 0. The molecule has 1 rings (SSSR count). The van der Waals surface area contributed by atoms with Crippen molar-refractivity contribution in [1.29, 1.82) is 0 Å². The molecule has 0 aromatic rings. The molecule has 0 unspecified atom stereocenters. The van der Waals surface area contributed by atoms with Crippen LogP contribution in [-0.4, -0.2) is 27.2 Å². The Balaban J connectivity index is -0.0000000325. The van der Waals surface area contributed by atoms with Gasteiger partial charge in [0.1, 0.15) is 27.2 Å². The number of hydrogen-bond donors (Lipinski definition) is 0. The molecule has 0 N–H and O–H groups in total. The number of hydrogen-bond acceptors (Lipinski definition) is 4. The second-order valence-corrected chi connectivity index (χ2v) is 1.43. The molecule has 5 heteroatoms. The maximum Gasteiger partial charge on any atom is 0.106 e. The minimum absolute atomic E-state index is 0. The smallest absolute Gasteiger partial charge is 0.106 e. The van der Waals surface area contributed by atoms with E-state index in [1.165, 1.54) is 12.8 Å². The van der Waals surface area contributed by atoms with Crippen molar-refractivity contribution >= 4 is 27.2 Å². The molecule has 0 aliphatic heterocycles. The topological polar surface area (TPSA) is 68.3 Å². The third-order valence-corrected chi connectivity index (χ3v) is 0.883. The average molecular weight is 301 g/mol. The summed E-state index contributed by atoms with van der Waals surface area (Å²) in [7, 11) is 0. The van der Waals surface area contributed by atoms with Crippen molar-refractivity contribution in [3.63, 3.8) is 0 Å². The van der Waals surface area contributed by atoms with Gasteiger partial charge in [0.2, 0.25) is 0 Å². The molecule has 0 heterocycles. The molecule has 1 aliphatic rings. The van der Waals surface area contributed by atoms with Gasteiger partial charge >= 0.3 is 0 Å². The number of carbonyl (C=O) groups excluding carboxylic acids is 4. The van der Waals surface area contributed by atoms with Crippen molar-refractivity contribution in [3.05, 3.63) is 24.3 Å². The minimum atomic E-state index is 0. The van der Waals surface area contributed by atoms with Gasteiger partial charge in [0.15, 0.2) is 0 Å². The zero-order valence-electron chi connectivity index (χ0n) is 8.54. The number of carbonyl (C=O) groups is 4. The van der Waals surface area contributed by atoms with Crippen LogP contribution < -0.4 is 0 Å². The molecule has 15 heavy (non-hydrogen) atoms. The Labute approximate surface area is 103 Å². The first-order valence-corrected chi connectivity index (χ1v) is 3.47. The van der Waals surface area contributed by atoms with E-state index in [1.54, 1.807) is 0 Å². The maximum absolute atomic E-state index is 8.00. The molecular weight excluding hydrogens is 285 g/mol. The van der Waals surface area contributed by atoms with Crippen molar-refractivity contribution in [2.75, 3.05) is 0 Å². The van der Waals surface area contributed by atoms with E-state index in [9.17, 15) is 0 Å². The second kappa shape index (κ2) is 77.6. The SMILES string of the molecule is C1=CCCC=C1.C=O.C=O.C=O.C=O.[Ru]. The van der Waals surface area contributed by atoms with Gasteiger partial charge in [-0.25, -0.2) is 0 Å². The van der Waals surface area contributed by atoms with E-state index >= 15 is 0 Å². The first-order chi connectivity index (χ1) is 7.00. The van der Waals surface area contributed by atoms with Crippen molar-refractivity contribution in [2.45, 2.75) is 12.8 Å². The van der Waals surface area contributed by atoms with Gasteiger partial charge in [-0.2, -0.15) is 0 Å². The summed E-state index contributed by atoms with van der Waals surface area (Å²) in [5.41, 5.74) is 0. The normalized spacial score (nSPS) is 8.53. The fourth-order valence-corrected chi connectivity index (χ4v) is 0.542. The molecule has 88 valence electrons. The third-order valence-electron chi connectivity index (χ3n) is 0.883. The molecule has 1 aliphatic carbocycles. The Bertz CT molecular complexity index is 117. The second-order valence-electron chi connectivity index (χ2n) is 1.43. The Morgan fingerprint density at radius 3 is 0.867 bits per heavy atom. The van der Waals surface area contributed by atoms with E-state index in [2.05, 4.69) is 24.3 Å². The van der Waals surface area contributed by atoms with Gasteiger partial charge in [-0.15, -0.1) is 0 Å². The van der Waals surface area contributed by atoms with Crippen molar-refractivity contribution in [2.24, 2.45) is 0 Å². The van der Waals surface area contributed by atoms with E-state index in [0.29, 0.717) is 0 Å². The Hall–Kier alpha value is -1.22. The molecule has 0 saturated heterocycles. The van der Waals surface area contributed by atoms with E-state index in [-0.39, 0.29) is 19.5 Å². The summed E-state index contributed by atoms with van der Waals surface area (Å²) in [6.45, 7) is 8.00. The zero-order valence-corrected chi connectivity index (χ0v) is 10.3. The molecule has 0 bridgehead atoms. The minimum Gasteiger partial charge on any atom is -0.307 e. The summed E-state index contributed by atoms with van der Waals surface area (Å²) in [6.07, 6.45) is 11.0. The first kappa shape index (κ1) is 29.2. The van der Waals surface area contributed by atoms with Gasteiger partial charge in [0.05, 0.1) is 0 Å². The van der Waals surface area contributed by atoms with Gasteiger partial charge in [0, 0.05) is 19.5 Å². The van der Waals surface area contributed by atoms with Gasteiger partial charge in [-0.1, -0.05) is 24.3 Å². The van der Waals surface area contributed by atoms with Crippen LogP contribution in [-0.2, 0) is 38.7 Å². The molecule has 0 aromatic carbocycles. The largest absolute Gasteiger partial charge is 0.307 e. The van der Waals surface area contributed by atoms with Gasteiger partial charge in [0.25, 0.3) is 0 Å². The standard InChI is InChI=1S/C6H8.4CH2O.Ru/c1-2-4-6-5-3-1;4*1-2;/h1-4H,5-6H2;4*1H2;. The van der Waals surface area contributed by atoms with Crippen molar-refractivity contribution in [3.8, 4) is 0 Å². The predicted octanol–water partition coefficient (Wildman–Crippen LogP) is 1.15. The van der Waals surface area contributed by atoms with E-state index in [0.717, 1.165) is 0 Å². The fourth-order valence-electron chi connectivity index (χ4n) is 0.542. The van der Waals surface area contributed by atoms with Crippen LogP contribution in [0.4, 0.5) is 0 Å². The predicted molar refractivity (Wildman–Crippen MR) is 56.0 cm³/mol. The van der Waals surface area contributed by atoms with E-state index in [1.807, 2.05) is 27.2 Å². The Morgan fingerprint density at radius 1 is 0.600 bits per heavy atom. The van der Waals surface area contributed by atoms with Crippen LogP contribution in [0.1, 0.15) is 12.8 Å². The molecular formula is C10H16O4Ru. The van der Waals surface area contributed by atoms with Gasteiger partial charge in [-0.3, -0.25) is 0 Å². The van der Waals surface area contributed by atoms with Crippen molar-refractivity contribution < 1.29 is 38.7 Å². The van der Waals surface area contributed by atoms with Crippen LogP contribution in [0.2, 0.25) is 0 Å². The molecule has 0 fully saturated rings. The van der Waals surface area contributed by atoms with Crippen LogP contribution >= 0.6 is 0 Å². The van der Waals surface area contributed by atoms with Gasteiger partial charge < -0.3 is 19.2 Å². The fraction of sp³-hybridized carbons (Fsp3) is 0.200. The first-order valence-electron chi connectivity index (χ1n) is 3.47. The Morgan fingerprint density at radius 2 is 0.800 bits per heavy atom. The zero-order chi connectivity index (χ0) is 12.2. The van der Waals surface area contributed by atoms with Crippen LogP contribution in [0.15, 0.2) is 24.3 Å². The molecule has 0 atom stereocenters. The average Bonchev–Trinajstić information content (AvgIpc) is 2.41. The molecule has 0 spiro atoms. The van der Waals surface area contributed by atoms with E-state index in [4.69, 9.17) is 19.2 Å². The molecule has 0 aromatic heterocycles. The summed E-state index contributed by atoms with van der Waals surface area (Å²) < 4.78 is 0. The Kier molecular flexibility index (Phi) is 151. The molecule has 4 nitrogen and oxygen atoms in total. The summed E-state index contributed by atoms with van der Waals surface area (Å²) in [6, 6.07) is 0. The molecule has 0 amide bonds. The van der Waals surface area contributed by atoms with Crippen LogP contribution in [0.5, 0.6) is 0 Å². The number of allylic oxidation sites excluding steroid dienone is 4. The van der Waals surface area contributed by atoms with Crippen molar-refractivity contribution in [1.82, 2.24) is 0 Å². The maximum atomic E-state index is 8.00. The summed E-state index contributed by atoms with van der Waals surface area (Å²) >= 11 is 0. The summed E-state index contributed by atoms with van der Waals surface area (Å²) in [4.78, 5) is 32.0. The van der Waals surface area contributed by atoms with Gasteiger partial charge in [-0.05, 0) is 12.8 Å². The van der Waals surface area contributed by atoms with Crippen LogP contribution in [0, 0.1) is 0 Å². The number of rotatable bonds is 0. The summed E-state index contributed by atoms with van der Waals surface area (Å²) in [5, 5.41) is 0. The monoisotopic (exact) mass is 302 g/mol. The van der Waals surface area contributed by atoms with E-state index < -0.39 is 0 Å². The van der Waals surface area contributed by atoms with Crippen LogP contribution in [0.3, 0.4) is 0 Å². The quantitative estimate of drug-likeness (QED) is 0.629. The third kappa shape index (κ3) is 65.0. The van der Waals surface area contributed by atoms with Crippen LogP contribution in [0.25, 0.3) is 0 Å².